The van der Waals surface area contributed by atoms with Gasteiger partial charge in [0.1, 0.15) is 5.75 Å². The van der Waals surface area contributed by atoms with Crippen LogP contribution in [0.1, 0.15) is 84.7 Å². The molecule has 2 fully saturated rings. The molecule has 2 aliphatic rings. The second kappa shape index (κ2) is 13.0. The number of benzene rings is 2. The van der Waals surface area contributed by atoms with Gasteiger partial charge in [0, 0.05) is 34.8 Å². The Morgan fingerprint density at radius 3 is 2.48 bits per heavy atom. The lowest BCUT2D eigenvalue weighted by atomic mass is 9.78. The molecule has 3 aromatic rings. The summed E-state index contributed by atoms with van der Waals surface area (Å²) < 4.78 is 5.45. The van der Waals surface area contributed by atoms with Crippen molar-refractivity contribution in [3.05, 3.63) is 75.2 Å². The Morgan fingerprint density at radius 2 is 1.80 bits per heavy atom. The van der Waals surface area contributed by atoms with Crippen molar-refractivity contribution in [2.75, 3.05) is 18.6 Å². The molecule has 0 radical (unpaired) electrons. The van der Waals surface area contributed by atoms with E-state index in [1.165, 1.54) is 11.1 Å². The summed E-state index contributed by atoms with van der Waals surface area (Å²) in [6.45, 7) is 4.81. The predicted octanol–water partition coefficient (Wildman–Crippen LogP) is 7.03. The van der Waals surface area contributed by atoms with Crippen molar-refractivity contribution in [2.45, 2.75) is 77.2 Å². The molecule has 0 bridgehead atoms. The lowest BCUT2D eigenvalue weighted by Crippen LogP contribution is -2.41. The van der Waals surface area contributed by atoms with Crippen molar-refractivity contribution in [3.8, 4) is 17.6 Å². The number of carbonyl (C=O) groups excluding carboxylic acids is 1. The molecule has 210 valence electrons. The zero-order valence-corrected chi connectivity index (χ0v) is 24.7. The third-order valence-electron chi connectivity index (χ3n) is 8.58. The number of aliphatic hydroxyl groups excluding tert-OH is 1. The van der Waals surface area contributed by atoms with Crippen LogP contribution in [0.4, 0.5) is 5.69 Å². The second-order valence-electron chi connectivity index (χ2n) is 11.5. The number of rotatable bonds is 6. The molecule has 2 saturated carbocycles. The van der Waals surface area contributed by atoms with E-state index in [1.54, 1.807) is 18.4 Å². The number of aliphatic hydroxyl groups is 1. The van der Waals surface area contributed by atoms with E-state index in [9.17, 15) is 9.90 Å². The average Bonchev–Trinajstić information content (AvgIpc) is 3.40. The fraction of sp³-hybridized carbons (Fsp3) is 0.471. The summed E-state index contributed by atoms with van der Waals surface area (Å²) in [6, 6.07) is 14.7. The van der Waals surface area contributed by atoms with E-state index < -0.39 is 0 Å². The number of aryl methyl sites for hydroxylation is 2. The highest BCUT2D eigenvalue weighted by molar-refractivity contribution is 7.10. The molecule has 0 atom stereocenters. The summed E-state index contributed by atoms with van der Waals surface area (Å²) in [4.78, 5) is 20.4. The molecule has 1 N–H and O–H groups in total. The van der Waals surface area contributed by atoms with Crippen LogP contribution in [0.15, 0.2) is 47.8 Å². The van der Waals surface area contributed by atoms with Crippen LogP contribution in [-0.2, 0) is 4.79 Å². The normalized spacial score (nSPS) is 22.7. The van der Waals surface area contributed by atoms with Gasteiger partial charge in [-0.3, -0.25) is 4.79 Å². The van der Waals surface area contributed by atoms with Gasteiger partial charge in [-0.05, 0) is 118 Å². The molecule has 0 saturated heterocycles. The number of ether oxygens (including phenoxy) is 1. The first kappa shape index (κ1) is 28.4. The van der Waals surface area contributed by atoms with Gasteiger partial charge < -0.3 is 14.7 Å². The zero-order valence-electron chi connectivity index (χ0n) is 23.9. The first-order valence-electron chi connectivity index (χ1n) is 14.6. The topological polar surface area (TPSA) is 62.7 Å². The maximum absolute atomic E-state index is 13.9. The van der Waals surface area contributed by atoms with E-state index in [1.807, 2.05) is 35.4 Å². The highest BCUT2D eigenvalue weighted by Crippen LogP contribution is 2.38. The molecule has 2 aromatic carbocycles. The van der Waals surface area contributed by atoms with Crippen LogP contribution in [0.2, 0.25) is 0 Å². The number of methoxy groups -OCH3 is 1. The number of hydrogen-bond acceptors (Lipinski definition) is 5. The smallest absolute Gasteiger partial charge is 0.230 e. The minimum absolute atomic E-state index is 0.0324. The Kier molecular flexibility index (Phi) is 9.24. The number of anilines is 1. The van der Waals surface area contributed by atoms with E-state index in [-0.39, 0.29) is 17.9 Å². The number of amides is 1. The maximum Gasteiger partial charge on any atom is 0.230 e. The summed E-state index contributed by atoms with van der Waals surface area (Å²) in [7, 11) is 1.72. The van der Waals surface area contributed by atoms with Crippen LogP contribution in [0.25, 0.3) is 0 Å². The van der Waals surface area contributed by atoms with Crippen molar-refractivity contribution in [3.63, 3.8) is 0 Å². The summed E-state index contributed by atoms with van der Waals surface area (Å²) in [5, 5.41) is 12.8. The van der Waals surface area contributed by atoms with E-state index in [2.05, 4.69) is 48.0 Å². The Bertz CT molecular complexity index is 1370. The van der Waals surface area contributed by atoms with Crippen LogP contribution in [0.5, 0.6) is 5.75 Å². The zero-order chi connectivity index (χ0) is 28.1. The monoisotopic (exact) mass is 556 g/mol. The average molecular weight is 557 g/mol. The Morgan fingerprint density at radius 1 is 1.02 bits per heavy atom. The number of hydrogen-bond donors (Lipinski definition) is 1. The van der Waals surface area contributed by atoms with E-state index in [4.69, 9.17) is 4.74 Å². The largest absolute Gasteiger partial charge is 0.496 e. The van der Waals surface area contributed by atoms with E-state index in [0.717, 1.165) is 72.8 Å². The number of carbonyl (C=O) groups is 1. The number of thiazole rings is 1. The Labute approximate surface area is 242 Å². The van der Waals surface area contributed by atoms with Crippen molar-refractivity contribution >= 4 is 22.9 Å². The van der Waals surface area contributed by atoms with Crippen LogP contribution in [0.3, 0.4) is 0 Å². The summed E-state index contributed by atoms with van der Waals surface area (Å²) in [5.41, 5.74) is 5.37. The molecule has 2 aliphatic carbocycles. The van der Waals surface area contributed by atoms with Crippen molar-refractivity contribution in [1.29, 1.82) is 0 Å². The molecule has 0 unspecified atom stereocenters. The van der Waals surface area contributed by atoms with Gasteiger partial charge in [0.15, 0.2) is 5.01 Å². The van der Waals surface area contributed by atoms with Crippen molar-refractivity contribution in [1.82, 2.24) is 4.98 Å². The van der Waals surface area contributed by atoms with Crippen LogP contribution >= 0.6 is 11.3 Å². The molecular formula is C34H40N2O3S. The SMILES string of the molecule is COc1ccc([C@H]2CC[C@H](CN(c3cccc(C#Cc4nc(C)cs4)c3)C(=O)[C@H]3CC[C@H](O)CC3)CC2)cc1C. The summed E-state index contributed by atoms with van der Waals surface area (Å²) >= 11 is 1.55. The van der Waals surface area contributed by atoms with Gasteiger partial charge in [-0.2, -0.15) is 0 Å². The molecule has 1 heterocycles. The minimum atomic E-state index is -0.275. The molecule has 1 aromatic heterocycles. The predicted molar refractivity (Wildman–Crippen MR) is 162 cm³/mol. The number of aromatic nitrogens is 1. The Balaban J connectivity index is 1.32. The van der Waals surface area contributed by atoms with Gasteiger partial charge in [0.05, 0.1) is 13.2 Å². The molecule has 0 aliphatic heterocycles. The summed E-state index contributed by atoms with van der Waals surface area (Å²) in [5.74, 6) is 8.55. The molecular weight excluding hydrogens is 516 g/mol. The van der Waals surface area contributed by atoms with Crippen LogP contribution < -0.4 is 9.64 Å². The van der Waals surface area contributed by atoms with Gasteiger partial charge in [-0.15, -0.1) is 11.3 Å². The quantitative estimate of drug-likeness (QED) is 0.331. The van der Waals surface area contributed by atoms with Crippen molar-refractivity contribution in [2.24, 2.45) is 11.8 Å². The Hall–Kier alpha value is -3.14. The van der Waals surface area contributed by atoms with Crippen molar-refractivity contribution < 1.29 is 14.6 Å². The number of nitrogens with zero attached hydrogens (tertiary/aromatic N) is 2. The van der Waals surface area contributed by atoms with E-state index >= 15 is 0 Å². The highest BCUT2D eigenvalue weighted by Gasteiger charge is 2.32. The van der Waals surface area contributed by atoms with E-state index in [0.29, 0.717) is 24.7 Å². The van der Waals surface area contributed by atoms with Gasteiger partial charge in [0.25, 0.3) is 0 Å². The molecule has 5 nitrogen and oxygen atoms in total. The third kappa shape index (κ3) is 6.95. The van der Waals surface area contributed by atoms with Gasteiger partial charge in [-0.1, -0.05) is 24.1 Å². The minimum Gasteiger partial charge on any atom is -0.496 e. The first-order valence-corrected chi connectivity index (χ1v) is 15.5. The molecule has 40 heavy (non-hydrogen) atoms. The lowest BCUT2D eigenvalue weighted by Gasteiger charge is -2.36. The van der Waals surface area contributed by atoms with Gasteiger partial charge >= 0.3 is 0 Å². The fourth-order valence-corrected chi connectivity index (χ4v) is 6.89. The fourth-order valence-electron chi connectivity index (χ4n) is 6.25. The summed E-state index contributed by atoms with van der Waals surface area (Å²) in [6.07, 6.45) is 7.11. The maximum atomic E-state index is 13.9. The highest BCUT2D eigenvalue weighted by atomic mass is 32.1. The lowest BCUT2D eigenvalue weighted by molar-refractivity contribution is -0.124. The molecule has 5 rings (SSSR count). The first-order chi connectivity index (χ1) is 19.4. The standard InChI is InChI=1S/C34H40N2O3S/c1-23-19-29(14-17-32(23)39-3)27-10-7-26(8-11-27)21-36(34(38)28-12-15-31(37)16-13-28)30-6-4-5-25(20-30)9-18-33-35-24(2)22-40-33/h4-6,14,17,19-20,22,26-28,31,37H,7-8,10-13,15-16,21H2,1-3H3/t26-,27-,28-,31-. The van der Waals surface area contributed by atoms with Crippen LogP contribution in [0, 0.1) is 37.5 Å². The molecule has 1 amide bonds. The van der Waals surface area contributed by atoms with Gasteiger partial charge in [0.2, 0.25) is 5.91 Å². The van der Waals surface area contributed by atoms with Gasteiger partial charge in [-0.25, -0.2) is 4.98 Å². The molecule has 6 heteroatoms. The van der Waals surface area contributed by atoms with Crippen LogP contribution in [-0.4, -0.2) is 35.8 Å². The molecule has 0 spiro atoms. The second-order valence-corrected chi connectivity index (χ2v) is 12.4. The third-order valence-corrected chi connectivity index (χ3v) is 9.46.